The average molecular weight is 368 g/mol. The second kappa shape index (κ2) is 8.44. The number of benzene rings is 1. The Kier molecular flexibility index (Phi) is 6.55. The number of nitrogens with zero attached hydrogens (tertiary/aromatic N) is 1. The molecule has 1 atom stereocenters. The molecule has 7 nitrogen and oxygen atoms in total. The molecule has 0 bridgehead atoms. The number of nitrogens with one attached hydrogen (secondary N) is 1. The molecule has 0 radical (unpaired) electrons. The first-order valence-corrected chi connectivity index (χ1v) is 9.99. The fourth-order valence-corrected chi connectivity index (χ4v) is 4.05. The predicted molar refractivity (Wildman–Crippen MR) is 93.5 cm³/mol. The molecule has 2 rings (SSSR count). The second-order valence-electron chi connectivity index (χ2n) is 6.16. The van der Waals surface area contributed by atoms with Crippen molar-refractivity contribution in [3.63, 3.8) is 0 Å². The van der Waals surface area contributed by atoms with Crippen molar-refractivity contribution >= 4 is 21.9 Å². The van der Waals surface area contributed by atoms with Crippen LogP contribution in [0.25, 0.3) is 0 Å². The zero-order valence-electron chi connectivity index (χ0n) is 14.2. The highest BCUT2D eigenvalue weighted by molar-refractivity contribution is 7.89. The quantitative estimate of drug-likeness (QED) is 0.743. The Labute approximate surface area is 148 Å². The van der Waals surface area contributed by atoms with Gasteiger partial charge in [-0.05, 0) is 25.3 Å². The number of hydrogen-bond acceptors (Lipinski definition) is 4. The smallest absolute Gasteiger partial charge is 0.326 e. The number of hydrogen-bond donors (Lipinski definition) is 2. The molecule has 25 heavy (non-hydrogen) atoms. The van der Waals surface area contributed by atoms with Crippen LogP contribution in [0.15, 0.2) is 30.3 Å². The summed E-state index contributed by atoms with van der Waals surface area (Å²) in [5.41, 5.74) is 0.832. The highest BCUT2D eigenvalue weighted by atomic mass is 32.2. The molecule has 1 aliphatic heterocycles. The van der Waals surface area contributed by atoms with E-state index in [4.69, 9.17) is 0 Å². The van der Waals surface area contributed by atoms with Crippen LogP contribution in [0.2, 0.25) is 0 Å². The van der Waals surface area contributed by atoms with E-state index >= 15 is 0 Å². The van der Waals surface area contributed by atoms with Crippen molar-refractivity contribution in [2.24, 2.45) is 5.92 Å². The summed E-state index contributed by atoms with van der Waals surface area (Å²) in [6.07, 6.45) is 1.02. The number of carbonyl (C=O) groups excluding carboxylic acids is 1. The average Bonchev–Trinajstić information content (AvgIpc) is 2.62. The minimum atomic E-state index is -3.24. The van der Waals surface area contributed by atoms with Crippen molar-refractivity contribution < 1.29 is 23.1 Å². The highest BCUT2D eigenvalue weighted by Gasteiger charge is 2.32. The summed E-state index contributed by atoms with van der Waals surface area (Å²) in [4.78, 5) is 23.8. The number of carboxylic acids is 1. The van der Waals surface area contributed by atoms with E-state index in [1.54, 1.807) is 6.92 Å². The number of rotatable bonds is 7. The van der Waals surface area contributed by atoms with Crippen molar-refractivity contribution in [2.75, 3.05) is 18.8 Å². The standard InChI is InChI=1S/C17H24N2O5S/c1-2-25(23,24)19-10-8-14(9-11-19)16(20)18-15(17(21)22)12-13-6-4-3-5-7-13/h3-7,14-15H,2,8-12H2,1H3,(H,18,20)(H,21,22). The lowest BCUT2D eigenvalue weighted by Gasteiger charge is -2.30. The van der Waals surface area contributed by atoms with Gasteiger partial charge in [-0.25, -0.2) is 17.5 Å². The molecular formula is C17H24N2O5S. The Hall–Kier alpha value is -1.93. The highest BCUT2D eigenvalue weighted by Crippen LogP contribution is 2.20. The number of sulfonamides is 1. The lowest BCUT2D eigenvalue weighted by atomic mass is 9.96. The monoisotopic (exact) mass is 368 g/mol. The van der Waals surface area contributed by atoms with Gasteiger partial charge >= 0.3 is 5.97 Å². The molecule has 1 unspecified atom stereocenters. The Morgan fingerprint density at radius 2 is 1.84 bits per heavy atom. The molecule has 1 saturated heterocycles. The largest absolute Gasteiger partial charge is 0.480 e. The summed E-state index contributed by atoms with van der Waals surface area (Å²) in [5, 5.41) is 12.0. The SMILES string of the molecule is CCS(=O)(=O)N1CCC(C(=O)NC(Cc2ccccc2)C(=O)O)CC1. The third kappa shape index (κ3) is 5.27. The van der Waals surface area contributed by atoms with Crippen molar-refractivity contribution in [1.29, 1.82) is 0 Å². The van der Waals surface area contributed by atoms with E-state index in [0.717, 1.165) is 5.56 Å². The van der Waals surface area contributed by atoms with Crippen LogP contribution in [-0.2, 0) is 26.0 Å². The van der Waals surface area contributed by atoms with Gasteiger partial charge < -0.3 is 10.4 Å². The molecule has 8 heteroatoms. The van der Waals surface area contributed by atoms with Crippen molar-refractivity contribution in [2.45, 2.75) is 32.2 Å². The number of aliphatic carboxylic acids is 1. The van der Waals surface area contributed by atoms with Crippen LogP contribution in [0.1, 0.15) is 25.3 Å². The molecular weight excluding hydrogens is 344 g/mol. The predicted octanol–water partition coefficient (Wildman–Crippen LogP) is 0.860. The molecule has 1 amide bonds. The van der Waals surface area contributed by atoms with Gasteiger partial charge in [0.05, 0.1) is 5.75 Å². The van der Waals surface area contributed by atoms with Crippen LogP contribution < -0.4 is 5.32 Å². The topological polar surface area (TPSA) is 104 Å². The maximum atomic E-state index is 12.4. The number of amides is 1. The molecule has 0 aromatic heterocycles. The van der Waals surface area contributed by atoms with E-state index in [1.807, 2.05) is 30.3 Å². The second-order valence-corrected chi connectivity index (χ2v) is 8.42. The first-order valence-electron chi connectivity index (χ1n) is 8.38. The fraction of sp³-hybridized carbons (Fsp3) is 0.529. The van der Waals surface area contributed by atoms with Gasteiger partial charge in [0.1, 0.15) is 6.04 Å². The van der Waals surface area contributed by atoms with Gasteiger partial charge in [0.15, 0.2) is 0 Å². The van der Waals surface area contributed by atoms with Gasteiger partial charge in [-0.15, -0.1) is 0 Å². The van der Waals surface area contributed by atoms with E-state index in [9.17, 15) is 23.1 Å². The fourth-order valence-electron chi connectivity index (χ4n) is 2.92. The van der Waals surface area contributed by atoms with Crippen LogP contribution in [0.5, 0.6) is 0 Å². The molecule has 0 aliphatic carbocycles. The minimum absolute atomic E-state index is 0.0437. The van der Waals surface area contributed by atoms with E-state index in [0.29, 0.717) is 25.9 Å². The number of piperidine rings is 1. The van der Waals surface area contributed by atoms with Gasteiger partial charge in [0.2, 0.25) is 15.9 Å². The summed E-state index contributed by atoms with van der Waals surface area (Å²) >= 11 is 0. The summed E-state index contributed by atoms with van der Waals surface area (Å²) in [6, 6.07) is 8.12. The Bertz CT molecular complexity index is 697. The van der Waals surface area contributed by atoms with E-state index in [1.165, 1.54) is 4.31 Å². The molecule has 2 N–H and O–H groups in total. The first kappa shape index (κ1) is 19.4. The molecule has 1 heterocycles. The van der Waals surface area contributed by atoms with Gasteiger partial charge in [-0.3, -0.25) is 4.79 Å². The molecule has 1 fully saturated rings. The normalized spacial score (nSPS) is 17.8. The summed E-state index contributed by atoms with van der Waals surface area (Å²) in [7, 11) is -3.24. The van der Waals surface area contributed by atoms with Gasteiger partial charge in [0.25, 0.3) is 0 Å². The number of carbonyl (C=O) groups is 2. The Morgan fingerprint density at radius 3 is 2.36 bits per heavy atom. The van der Waals surface area contributed by atoms with Crippen LogP contribution in [-0.4, -0.2) is 54.6 Å². The van der Waals surface area contributed by atoms with E-state index in [2.05, 4.69) is 5.32 Å². The van der Waals surface area contributed by atoms with Crippen molar-refractivity contribution in [3.05, 3.63) is 35.9 Å². The maximum absolute atomic E-state index is 12.4. The Balaban J connectivity index is 1.93. The van der Waals surface area contributed by atoms with Crippen LogP contribution >= 0.6 is 0 Å². The molecule has 0 saturated carbocycles. The third-order valence-corrected chi connectivity index (χ3v) is 6.36. The van der Waals surface area contributed by atoms with Crippen molar-refractivity contribution in [1.82, 2.24) is 9.62 Å². The summed E-state index contributed by atoms with van der Waals surface area (Å²) < 4.78 is 25.1. The van der Waals surface area contributed by atoms with Crippen LogP contribution in [0.4, 0.5) is 0 Å². The molecule has 0 spiro atoms. The maximum Gasteiger partial charge on any atom is 0.326 e. The lowest BCUT2D eigenvalue weighted by Crippen LogP contribution is -2.48. The molecule has 1 aliphatic rings. The lowest BCUT2D eigenvalue weighted by molar-refractivity contribution is -0.142. The van der Waals surface area contributed by atoms with Crippen LogP contribution in [0.3, 0.4) is 0 Å². The minimum Gasteiger partial charge on any atom is -0.480 e. The van der Waals surface area contributed by atoms with E-state index < -0.39 is 22.0 Å². The van der Waals surface area contributed by atoms with Gasteiger partial charge in [-0.1, -0.05) is 30.3 Å². The zero-order valence-corrected chi connectivity index (χ0v) is 15.0. The van der Waals surface area contributed by atoms with E-state index in [-0.39, 0.29) is 24.0 Å². The number of carboxylic acid groups (broad SMARTS) is 1. The molecule has 1 aromatic carbocycles. The molecule has 1 aromatic rings. The van der Waals surface area contributed by atoms with Crippen molar-refractivity contribution in [3.8, 4) is 0 Å². The third-order valence-electron chi connectivity index (χ3n) is 4.48. The Morgan fingerprint density at radius 1 is 1.24 bits per heavy atom. The van der Waals surface area contributed by atoms with Gasteiger partial charge in [-0.2, -0.15) is 0 Å². The van der Waals surface area contributed by atoms with Gasteiger partial charge in [0, 0.05) is 25.4 Å². The summed E-state index contributed by atoms with van der Waals surface area (Å²) in [6.45, 7) is 2.19. The first-order chi connectivity index (χ1) is 11.8. The van der Waals surface area contributed by atoms with Crippen LogP contribution in [0, 0.1) is 5.92 Å². The zero-order chi connectivity index (χ0) is 18.4. The molecule has 138 valence electrons. The summed E-state index contributed by atoms with van der Waals surface area (Å²) in [5.74, 6) is -1.72.